The number of ether oxygens (including phenoxy) is 1. The fourth-order valence-electron chi connectivity index (χ4n) is 1.50. The quantitative estimate of drug-likeness (QED) is 0.594. The highest BCUT2D eigenvalue weighted by Crippen LogP contribution is 2.07. The van der Waals surface area contributed by atoms with Crippen LogP contribution in [0.25, 0.3) is 0 Å². The van der Waals surface area contributed by atoms with Crippen LogP contribution in [0.4, 0.5) is 0 Å². The second-order valence-electron chi connectivity index (χ2n) is 3.80. The van der Waals surface area contributed by atoms with Gasteiger partial charge in [0.1, 0.15) is 0 Å². The normalized spacial score (nSPS) is 10.3. The van der Waals surface area contributed by atoms with E-state index in [-0.39, 0.29) is 0 Å². The summed E-state index contributed by atoms with van der Waals surface area (Å²) in [6, 6.07) is 7.62. The summed E-state index contributed by atoms with van der Waals surface area (Å²) in [6.07, 6.45) is 5.50. The van der Waals surface area contributed by atoms with E-state index in [1.807, 2.05) is 18.2 Å². The largest absolute Gasteiger partial charge is 0.477 e. The van der Waals surface area contributed by atoms with E-state index >= 15 is 0 Å². The van der Waals surface area contributed by atoms with Gasteiger partial charge in [0.25, 0.3) is 0 Å². The summed E-state index contributed by atoms with van der Waals surface area (Å²) < 4.78 is 5.49. The Labute approximate surface area is 111 Å². The maximum absolute atomic E-state index is 5.63. The summed E-state index contributed by atoms with van der Waals surface area (Å²) in [4.78, 5) is 3.98. The molecular weight excluding hydrogens is 250 g/mol. The molecule has 94 valence electrons. The lowest BCUT2D eigenvalue weighted by Crippen LogP contribution is -2.02. The van der Waals surface area contributed by atoms with Gasteiger partial charge in [-0.2, -0.15) is 5.10 Å². The molecular formula is C13H14ClN3O. The minimum absolute atomic E-state index is 0.370. The first-order valence-corrected chi connectivity index (χ1v) is 6.32. The highest BCUT2D eigenvalue weighted by Gasteiger charge is 1.98. The summed E-state index contributed by atoms with van der Waals surface area (Å²) in [6.45, 7) is 0.622. The zero-order valence-electron chi connectivity index (χ0n) is 9.92. The molecule has 0 unspecified atom stereocenters. The Morgan fingerprint density at radius 3 is 2.56 bits per heavy atom. The number of hydrogen-bond donors (Lipinski definition) is 0. The van der Waals surface area contributed by atoms with Gasteiger partial charge in [-0.05, 0) is 36.6 Å². The van der Waals surface area contributed by atoms with Gasteiger partial charge in [0.05, 0.1) is 18.2 Å². The smallest absolute Gasteiger partial charge is 0.233 e. The number of pyridine rings is 1. The van der Waals surface area contributed by atoms with E-state index in [1.54, 1.807) is 18.5 Å². The van der Waals surface area contributed by atoms with E-state index in [1.165, 1.54) is 5.56 Å². The number of nitrogens with zero attached hydrogens (tertiary/aromatic N) is 3. The van der Waals surface area contributed by atoms with E-state index in [0.29, 0.717) is 18.4 Å². The number of halogens is 1. The highest BCUT2D eigenvalue weighted by molar-refractivity contribution is 6.16. The number of hydrogen-bond acceptors (Lipinski definition) is 4. The van der Waals surface area contributed by atoms with Crippen LogP contribution in [-0.2, 0) is 12.3 Å². The first-order chi connectivity index (χ1) is 8.88. The lowest BCUT2D eigenvalue weighted by molar-refractivity contribution is 0.295. The predicted molar refractivity (Wildman–Crippen MR) is 69.6 cm³/mol. The fraction of sp³-hybridized carbons (Fsp3) is 0.308. The summed E-state index contributed by atoms with van der Waals surface area (Å²) in [5, 5.41) is 7.85. The zero-order chi connectivity index (χ0) is 12.6. The Morgan fingerprint density at radius 2 is 1.89 bits per heavy atom. The van der Waals surface area contributed by atoms with E-state index in [0.717, 1.165) is 18.5 Å². The Balaban J connectivity index is 1.72. The van der Waals surface area contributed by atoms with E-state index in [2.05, 4.69) is 15.2 Å². The maximum Gasteiger partial charge on any atom is 0.233 e. The Kier molecular flexibility index (Phi) is 4.90. The summed E-state index contributed by atoms with van der Waals surface area (Å²) >= 11 is 5.63. The van der Waals surface area contributed by atoms with Gasteiger partial charge >= 0.3 is 0 Å². The van der Waals surface area contributed by atoms with Crippen molar-refractivity contribution in [2.75, 3.05) is 6.61 Å². The number of aromatic nitrogens is 3. The molecule has 2 aromatic rings. The third kappa shape index (κ3) is 3.96. The van der Waals surface area contributed by atoms with Crippen molar-refractivity contribution in [3.05, 3.63) is 47.9 Å². The Hall–Kier alpha value is -1.68. The van der Waals surface area contributed by atoms with Crippen molar-refractivity contribution in [2.24, 2.45) is 0 Å². The Morgan fingerprint density at radius 1 is 1.06 bits per heavy atom. The van der Waals surface area contributed by atoms with Gasteiger partial charge < -0.3 is 4.74 Å². The molecule has 2 heterocycles. The van der Waals surface area contributed by atoms with Crippen LogP contribution in [0.2, 0.25) is 0 Å². The number of aryl methyl sites for hydroxylation is 1. The molecule has 0 amide bonds. The molecule has 18 heavy (non-hydrogen) atoms. The lowest BCUT2D eigenvalue weighted by atomic mass is 10.1. The van der Waals surface area contributed by atoms with E-state index < -0.39 is 0 Å². The molecule has 0 aliphatic heterocycles. The zero-order valence-corrected chi connectivity index (χ0v) is 10.7. The molecule has 0 aromatic carbocycles. The van der Waals surface area contributed by atoms with Crippen molar-refractivity contribution in [2.45, 2.75) is 18.7 Å². The van der Waals surface area contributed by atoms with Gasteiger partial charge in [0.15, 0.2) is 0 Å². The van der Waals surface area contributed by atoms with Crippen molar-refractivity contribution in [3.63, 3.8) is 0 Å². The van der Waals surface area contributed by atoms with Gasteiger partial charge in [-0.15, -0.1) is 16.7 Å². The third-order valence-corrected chi connectivity index (χ3v) is 2.72. The summed E-state index contributed by atoms with van der Waals surface area (Å²) in [7, 11) is 0. The van der Waals surface area contributed by atoms with Crippen LogP contribution >= 0.6 is 11.6 Å². The molecule has 2 aromatic heterocycles. The van der Waals surface area contributed by atoms with Crippen molar-refractivity contribution < 1.29 is 4.74 Å². The monoisotopic (exact) mass is 263 g/mol. The van der Waals surface area contributed by atoms with E-state index in [4.69, 9.17) is 16.3 Å². The van der Waals surface area contributed by atoms with Gasteiger partial charge in [-0.25, -0.2) is 0 Å². The molecule has 4 nitrogen and oxygen atoms in total. The fourth-order valence-corrected chi connectivity index (χ4v) is 1.64. The molecule has 0 aliphatic carbocycles. The van der Waals surface area contributed by atoms with Crippen LogP contribution in [0, 0.1) is 0 Å². The Bertz CT molecular complexity index is 461. The highest BCUT2D eigenvalue weighted by atomic mass is 35.5. The first-order valence-electron chi connectivity index (χ1n) is 5.79. The molecule has 0 saturated carbocycles. The average Bonchev–Trinajstić information content (AvgIpc) is 2.45. The lowest BCUT2D eigenvalue weighted by Gasteiger charge is -2.04. The standard InChI is InChI=1S/C13H14ClN3O/c14-10-12-3-4-13(17-16-12)18-9-1-2-11-5-7-15-8-6-11/h3-8H,1-2,9-10H2. The molecule has 0 radical (unpaired) electrons. The van der Waals surface area contributed by atoms with Gasteiger partial charge in [-0.1, -0.05) is 0 Å². The van der Waals surface area contributed by atoms with Crippen LogP contribution in [0.3, 0.4) is 0 Å². The second kappa shape index (κ2) is 6.91. The summed E-state index contributed by atoms with van der Waals surface area (Å²) in [5.41, 5.74) is 2.01. The molecule has 2 rings (SSSR count). The molecule has 0 aliphatic rings. The molecule has 0 spiro atoms. The molecule has 0 atom stereocenters. The molecule has 0 N–H and O–H groups in total. The number of rotatable bonds is 6. The van der Waals surface area contributed by atoms with Crippen LogP contribution in [0.1, 0.15) is 17.7 Å². The van der Waals surface area contributed by atoms with Crippen molar-refractivity contribution in [1.29, 1.82) is 0 Å². The number of alkyl halides is 1. The average molecular weight is 264 g/mol. The van der Waals surface area contributed by atoms with Crippen LogP contribution in [0.15, 0.2) is 36.7 Å². The SMILES string of the molecule is ClCc1ccc(OCCCc2ccncc2)nn1. The maximum atomic E-state index is 5.63. The molecule has 0 saturated heterocycles. The van der Waals surface area contributed by atoms with E-state index in [9.17, 15) is 0 Å². The topological polar surface area (TPSA) is 47.9 Å². The third-order valence-electron chi connectivity index (χ3n) is 2.44. The van der Waals surface area contributed by atoms with Crippen LogP contribution in [-0.4, -0.2) is 21.8 Å². The van der Waals surface area contributed by atoms with Gasteiger partial charge in [0.2, 0.25) is 5.88 Å². The van der Waals surface area contributed by atoms with Gasteiger partial charge in [-0.3, -0.25) is 4.98 Å². The minimum Gasteiger partial charge on any atom is -0.477 e. The van der Waals surface area contributed by atoms with Crippen molar-refractivity contribution >= 4 is 11.6 Å². The second-order valence-corrected chi connectivity index (χ2v) is 4.07. The minimum atomic E-state index is 0.370. The van der Waals surface area contributed by atoms with Gasteiger partial charge in [0, 0.05) is 18.5 Å². The summed E-state index contributed by atoms with van der Waals surface area (Å²) in [5.74, 6) is 0.911. The van der Waals surface area contributed by atoms with Crippen LogP contribution in [0.5, 0.6) is 5.88 Å². The van der Waals surface area contributed by atoms with Crippen LogP contribution < -0.4 is 4.74 Å². The first kappa shape index (κ1) is 12.8. The molecule has 0 bridgehead atoms. The molecule has 5 heteroatoms. The van der Waals surface area contributed by atoms with Crippen molar-refractivity contribution in [3.8, 4) is 5.88 Å². The van der Waals surface area contributed by atoms with Crippen molar-refractivity contribution in [1.82, 2.24) is 15.2 Å². The predicted octanol–water partition coefficient (Wildman–Crippen LogP) is 2.62. The molecule has 0 fully saturated rings.